The molecule has 0 heterocycles. The van der Waals surface area contributed by atoms with Crippen molar-refractivity contribution in [3.05, 3.63) is 0 Å². The van der Waals surface area contributed by atoms with Gasteiger partial charge < -0.3 is 5.32 Å². The predicted molar refractivity (Wildman–Crippen MR) is 51.6 cm³/mol. The lowest BCUT2D eigenvalue weighted by atomic mass is 10.2. The summed E-state index contributed by atoms with van der Waals surface area (Å²) in [5, 5.41) is 2.53. The van der Waals surface area contributed by atoms with E-state index in [0.29, 0.717) is 0 Å². The second-order valence-electron chi connectivity index (χ2n) is 2.48. The van der Waals surface area contributed by atoms with Crippen molar-refractivity contribution in [2.75, 3.05) is 7.05 Å². The summed E-state index contributed by atoms with van der Waals surface area (Å²) in [5.41, 5.74) is 0. The van der Waals surface area contributed by atoms with Gasteiger partial charge >= 0.3 is 0 Å². The molecule has 0 bridgehead atoms. The molecule has 0 unspecified atom stereocenters. The molecule has 0 atom stereocenters. The molecule has 0 aliphatic heterocycles. The molecule has 0 radical (unpaired) electrons. The molecule has 0 aromatic heterocycles. The summed E-state index contributed by atoms with van der Waals surface area (Å²) in [5.74, 6) is 0.213. The van der Waals surface area contributed by atoms with Gasteiger partial charge in [0.25, 0.3) is 0 Å². The quantitative estimate of drug-likeness (QED) is 0.629. The molecular weight excluding hydrogens is 138 g/mol. The summed E-state index contributed by atoms with van der Waals surface area (Å²) >= 11 is 0. The maximum Gasteiger partial charge on any atom is 0.222 e. The van der Waals surface area contributed by atoms with Gasteiger partial charge in [-0.2, -0.15) is 0 Å². The van der Waals surface area contributed by atoms with Crippen LogP contribution in [0.1, 0.15) is 41.5 Å². The predicted octanol–water partition coefficient (Wildman–Crippen LogP) is 2.44. The Bertz CT molecular complexity index is 79.6. The maximum absolute atomic E-state index is 10.4. The van der Waals surface area contributed by atoms with Gasteiger partial charge in [-0.15, -0.1) is 0 Å². The molecule has 0 fully saturated rings. The molecule has 1 N–H and O–H groups in total. The summed E-state index contributed by atoms with van der Waals surface area (Å²) < 4.78 is 0. The number of hydrogen-bond acceptors (Lipinski definition) is 1. The lowest BCUT2D eigenvalue weighted by Gasteiger charge is -1.98. The van der Waals surface area contributed by atoms with Crippen molar-refractivity contribution in [1.82, 2.24) is 5.32 Å². The highest BCUT2D eigenvalue weighted by Gasteiger charge is 2.00. The molecule has 70 valence electrons. The smallest absolute Gasteiger partial charge is 0.222 e. The molecule has 0 aliphatic carbocycles. The molecule has 1 amide bonds. The average Bonchev–Trinajstić information content (AvgIpc) is 1.88. The van der Waals surface area contributed by atoms with E-state index < -0.39 is 0 Å². The van der Waals surface area contributed by atoms with Gasteiger partial charge in [0.05, 0.1) is 0 Å². The van der Waals surface area contributed by atoms with Gasteiger partial charge in [-0.05, 0) is 0 Å². The van der Waals surface area contributed by atoms with Gasteiger partial charge in [0.2, 0.25) is 5.91 Å². The van der Waals surface area contributed by atoms with E-state index in [1.54, 1.807) is 7.05 Å². The minimum absolute atomic E-state index is 0. The highest BCUT2D eigenvalue weighted by atomic mass is 16.1. The van der Waals surface area contributed by atoms with Crippen molar-refractivity contribution >= 4 is 5.91 Å². The molecule has 0 aromatic rings. The molecule has 0 saturated carbocycles. The lowest BCUT2D eigenvalue weighted by molar-refractivity contribution is -0.123. The van der Waals surface area contributed by atoms with Gasteiger partial charge in [0, 0.05) is 13.0 Å². The van der Waals surface area contributed by atoms with Gasteiger partial charge in [-0.1, -0.05) is 41.5 Å². The van der Waals surface area contributed by atoms with Crippen LogP contribution in [-0.4, -0.2) is 13.0 Å². The van der Waals surface area contributed by atoms with Crippen molar-refractivity contribution < 1.29 is 4.79 Å². The fourth-order valence-electron chi connectivity index (χ4n) is 0.289. The Labute approximate surface area is 71.4 Å². The average molecular weight is 161 g/mol. The SMILES string of the molecule is C.CCC.CNC(=O)C(C)C. The summed E-state index contributed by atoms with van der Waals surface area (Å²) in [6.07, 6.45) is 1.25. The minimum atomic E-state index is 0. The highest BCUT2D eigenvalue weighted by Crippen LogP contribution is 1.87. The topological polar surface area (TPSA) is 29.1 Å². The Morgan fingerprint density at radius 3 is 1.64 bits per heavy atom. The molecule has 0 spiro atoms. The number of carbonyl (C=O) groups is 1. The van der Waals surface area contributed by atoms with Crippen molar-refractivity contribution in [3.8, 4) is 0 Å². The normalized spacial score (nSPS) is 7.45. The van der Waals surface area contributed by atoms with Crippen LogP contribution in [0.4, 0.5) is 0 Å². The molecule has 0 aromatic carbocycles. The van der Waals surface area contributed by atoms with Crippen molar-refractivity contribution in [3.63, 3.8) is 0 Å². The molecule has 0 rings (SSSR count). The van der Waals surface area contributed by atoms with E-state index in [9.17, 15) is 4.79 Å². The number of carbonyl (C=O) groups excluding carboxylic acids is 1. The van der Waals surface area contributed by atoms with Gasteiger partial charge in [0.15, 0.2) is 0 Å². The first-order chi connectivity index (χ1) is 4.59. The fraction of sp³-hybridized carbons (Fsp3) is 0.889. The third kappa shape index (κ3) is 17.7. The van der Waals surface area contributed by atoms with E-state index >= 15 is 0 Å². The van der Waals surface area contributed by atoms with E-state index in [2.05, 4.69) is 19.2 Å². The van der Waals surface area contributed by atoms with E-state index in [0.717, 1.165) is 0 Å². The Morgan fingerprint density at radius 2 is 1.64 bits per heavy atom. The monoisotopic (exact) mass is 161 g/mol. The number of nitrogens with one attached hydrogen (secondary N) is 1. The third-order valence-corrected chi connectivity index (χ3v) is 0.771. The number of amides is 1. The highest BCUT2D eigenvalue weighted by molar-refractivity contribution is 5.77. The van der Waals surface area contributed by atoms with Crippen LogP contribution in [0.3, 0.4) is 0 Å². The van der Waals surface area contributed by atoms with Gasteiger partial charge in [0.1, 0.15) is 0 Å². The first-order valence-corrected chi connectivity index (χ1v) is 3.81. The fourth-order valence-corrected chi connectivity index (χ4v) is 0.289. The number of rotatable bonds is 1. The number of hydrogen-bond donors (Lipinski definition) is 1. The first-order valence-electron chi connectivity index (χ1n) is 3.81. The van der Waals surface area contributed by atoms with Crippen LogP contribution in [0.25, 0.3) is 0 Å². The standard InChI is InChI=1S/C5H11NO.C3H8.CH4/c1-4(2)5(7)6-3;1-3-2;/h4H,1-3H3,(H,6,7);3H2,1-2H3;1H4. The van der Waals surface area contributed by atoms with E-state index in [1.165, 1.54) is 6.42 Å². The summed E-state index contributed by atoms with van der Waals surface area (Å²) in [7, 11) is 1.64. The van der Waals surface area contributed by atoms with Crippen LogP contribution < -0.4 is 5.32 Å². The van der Waals surface area contributed by atoms with Gasteiger partial charge in [-0.3, -0.25) is 4.79 Å². The van der Waals surface area contributed by atoms with Crippen molar-refractivity contribution in [1.29, 1.82) is 0 Å². The van der Waals surface area contributed by atoms with Crippen LogP contribution in [-0.2, 0) is 4.79 Å². The van der Waals surface area contributed by atoms with E-state index in [1.807, 2.05) is 13.8 Å². The Morgan fingerprint density at radius 1 is 1.36 bits per heavy atom. The second kappa shape index (κ2) is 12.2. The van der Waals surface area contributed by atoms with Crippen LogP contribution in [0.2, 0.25) is 0 Å². The largest absolute Gasteiger partial charge is 0.359 e. The first kappa shape index (κ1) is 16.8. The van der Waals surface area contributed by atoms with Crippen LogP contribution in [0, 0.1) is 5.92 Å². The Kier molecular flexibility index (Phi) is 18.6. The minimum Gasteiger partial charge on any atom is -0.359 e. The summed E-state index contributed by atoms with van der Waals surface area (Å²) in [6, 6.07) is 0. The molecule has 11 heavy (non-hydrogen) atoms. The molecule has 0 saturated heterocycles. The van der Waals surface area contributed by atoms with E-state index in [-0.39, 0.29) is 19.3 Å². The van der Waals surface area contributed by atoms with Crippen LogP contribution >= 0.6 is 0 Å². The zero-order valence-corrected chi connectivity index (χ0v) is 7.69. The van der Waals surface area contributed by atoms with Crippen molar-refractivity contribution in [2.24, 2.45) is 5.92 Å². The van der Waals surface area contributed by atoms with Crippen LogP contribution in [0.5, 0.6) is 0 Å². The Hall–Kier alpha value is -0.530. The Balaban J connectivity index is -0.000000140. The lowest BCUT2D eigenvalue weighted by Crippen LogP contribution is -2.22. The maximum atomic E-state index is 10.4. The zero-order valence-electron chi connectivity index (χ0n) is 7.69. The van der Waals surface area contributed by atoms with Crippen LogP contribution in [0.15, 0.2) is 0 Å². The molecular formula is C9H23NO. The molecule has 0 aliphatic rings. The van der Waals surface area contributed by atoms with Gasteiger partial charge in [-0.25, -0.2) is 0 Å². The summed E-state index contributed by atoms with van der Waals surface area (Å²) in [4.78, 5) is 10.4. The zero-order chi connectivity index (χ0) is 8.57. The second-order valence-corrected chi connectivity index (χ2v) is 2.48. The van der Waals surface area contributed by atoms with Crippen molar-refractivity contribution in [2.45, 2.75) is 41.5 Å². The third-order valence-electron chi connectivity index (χ3n) is 0.771. The summed E-state index contributed by atoms with van der Waals surface area (Å²) in [6.45, 7) is 7.97. The molecule has 2 nitrogen and oxygen atoms in total. The van der Waals surface area contributed by atoms with E-state index in [4.69, 9.17) is 0 Å². The molecule has 2 heteroatoms.